The lowest BCUT2D eigenvalue weighted by Crippen LogP contribution is -2.47. The largest absolute Gasteiger partial charge is 0.480 e. The van der Waals surface area contributed by atoms with Gasteiger partial charge >= 0.3 is 12.0 Å². The summed E-state index contributed by atoms with van der Waals surface area (Å²) in [5, 5.41) is 14.1. The summed E-state index contributed by atoms with van der Waals surface area (Å²) in [4.78, 5) is 32.6. The molecule has 0 heterocycles. The molecule has 0 saturated carbocycles. The van der Waals surface area contributed by atoms with Crippen molar-refractivity contribution in [1.29, 1.82) is 0 Å². The van der Waals surface area contributed by atoms with Crippen molar-refractivity contribution in [2.45, 2.75) is 26.3 Å². The number of hydrogen-bond donors (Lipinski definition) is 2. The minimum absolute atomic E-state index is 0.0427. The number of aliphatic carboxylic acids is 1. The second kappa shape index (κ2) is 7.83. The van der Waals surface area contributed by atoms with Crippen molar-refractivity contribution in [3.63, 3.8) is 0 Å². The Bertz CT molecular complexity index is 285. The number of alkyl halides is 1. The third kappa shape index (κ3) is 6.06. The number of hydrogen-bond acceptors (Lipinski definition) is 4. The molecular weight excluding hydrogens is 250 g/mol. The molecule has 0 aromatic heterocycles. The summed E-state index contributed by atoms with van der Waals surface area (Å²) >= 11 is 5.37. The molecule has 0 aromatic rings. The van der Waals surface area contributed by atoms with Crippen molar-refractivity contribution in [3.8, 4) is 0 Å². The number of amides is 2. The number of nitrogens with one attached hydrogen (secondary N) is 1. The first-order valence-electron chi connectivity index (χ1n) is 5.12. The molecule has 2 amide bonds. The number of urea groups is 1. The summed E-state index contributed by atoms with van der Waals surface area (Å²) in [5.41, 5.74) is 0. The van der Waals surface area contributed by atoms with Gasteiger partial charge in [-0.15, -0.1) is 16.5 Å². The first-order valence-corrected chi connectivity index (χ1v) is 5.65. The molecule has 0 aliphatic heterocycles. The van der Waals surface area contributed by atoms with Crippen LogP contribution in [0.15, 0.2) is 5.29 Å². The number of nitroso groups, excluding NO2 is 1. The summed E-state index contributed by atoms with van der Waals surface area (Å²) < 4.78 is 0. The number of carbonyl (C=O) groups excluding carboxylic acids is 1. The maximum Gasteiger partial charge on any atom is 0.341 e. The molecular formula is C9H16ClN3O4. The zero-order valence-electron chi connectivity index (χ0n) is 9.72. The van der Waals surface area contributed by atoms with Gasteiger partial charge in [-0.05, 0) is 12.3 Å². The van der Waals surface area contributed by atoms with E-state index in [1.165, 1.54) is 0 Å². The van der Waals surface area contributed by atoms with Crippen molar-refractivity contribution in [3.05, 3.63) is 4.91 Å². The molecule has 0 aromatic carbocycles. The molecule has 0 rings (SSSR count). The lowest BCUT2D eigenvalue weighted by Gasteiger charge is -2.19. The highest BCUT2D eigenvalue weighted by Crippen LogP contribution is 2.06. The van der Waals surface area contributed by atoms with Crippen molar-refractivity contribution in [2.24, 2.45) is 11.2 Å². The number of carboxylic acid groups (broad SMARTS) is 1. The molecule has 8 heteroatoms. The Morgan fingerprint density at radius 1 is 1.47 bits per heavy atom. The summed E-state index contributed by atoms with van der Waals surface area (Å²) in [6.45, 7) is 3.60. The number of halogens is 1. The van der Waals surface area contributed by atoms with Crippen LogP contribution in [0.5, 0.6) is 0 Å². The van der Waals surface area contributed by atoms with E-state index in [-0.39, 0.29) is 24.8 Å². The maximum atomic E-state index is 11.5. The van der Waals surface area contributed by atoms with E-state index in [9.17, 15) is 14.5 Å². The van der Waals surface area contributed by atoms with Gasteiger partial charge in [0.15, 0.2) is 0 Å². The average molecular weight is 266 g/mol. The van der Waals surface area contributed by atoms with Crippen LogP contribution >= 0.6 is 11.6 Å². The summed E-state index contributed by atoms with van der Waals surface area (Å²) in [6, 6.07) is -1.89. The average Bonchev–Trinajstić information content (AvgIpc) is 2.23. The number of carbonyl (C=O) groups is 2. The predicted octanol–water partition coefficient (Wildman–Crippen LogP) is 1.42. The van der Waals surface area contributed by atoms with Gasteiger partial charge in [0.2, 0.25) is 0 Å². The van der Waals surface area contributed by atoms with Crippen LogP contribution in [0.4, 0.5) is 4.79 Å². The van der Waals surface area contributed by atoms with Gasteiger partial charge in [0.05, 0.1) is 11.8 Å². The standard InChI is InChI=1S/C9H16ClN3O4/c1-6(2)5-7(8(14)15)11-9(16)13(12-17)4-3-10/h6-7H,3-5H2,1-2H3,(H,11,16)(H,14,15)/t7-/m0/s1. The first-order chi connectivity index (χ1) is 7.92. The van der Waals surface area contributed by atoms with Crippen LogP contribution in [-0.4, -0.2) is 40.6 Å². The molecule has 0 aliphatic rings. The van der Waals surface area contributed by atoms with Crippen LogP contribution < -0.4 is 5.32 Å². The SMILES string of the molecule is CC(C)C[C@H](NC(=O)N(CCCl)N=O)C(=O)O. The van der Waals surface area contributed by atoms with Gasteiger partial charge in [0.1, 0.15) is 6.04 Å². The second-order valence-corrected chi connectivity index (χ2v) is 4.24. The van der Waals surface area contributed by atoms with E-state index in [0.717, 1.165) is 0 Å². The van der Waals surface area contributed by atoms with Gasteiger partial charge in [-0.25, -0.2) is 9.59 Å². The lowest BCUT2D eigenvalue weighted by atomic mass is 10.0. The van der Waals surface area contributed by atoms with Crippen LogP contribution in [0.1, 0.15) is 20.3 Å². The number of carboxylic acids is 1. The monoisotopic (exact) mass is 265 g/mol. The van der Waals surface area contributed by atoms with E-state index in [0.29, 0.717) is 5.01 Å². The summed E-state index contributed by atoms with van der Waals surface area (Å²) in [5.74, 6) is -1.01. The molecule has 0 bridgehead atoms. The molecule has 0 radical (unpaired) electrons. The maximum absolute atomic E-state index is 11.5. The molecule has 0 unspecified atom stereocenters. The smallest absolute Gasteiger partial charge is 0.341 e. The highest BCUT2D eigenvalue weighted by molar-refractivity contribution is 6.18. The summed E-state index contributed by atoms with van der Waals surface area (Å²) in [6.07, 6.45) is 0.272. The Balaban J connectivity index is 4.47. The van der Waals surface area contributed by atoms with Crippen molar-refractivity contribution >= 4 is 23.6 Å². The fourth-order valence-corrected chi connectivity index (χ4v) is 1.34. The molecule has 17 heavy (non-hydrogen) atoms. The second-order valence-electron chi connectivity index (χ2n) is 3.86. The fraction of sp³-hybridized carbons (Fsp3) is 0.778. The third-order valence-corrected chi connectivity index (χ3v) is 2.10. The van der Waals surface area contributed by atoms with Crippen LogP contribution in [0.25, 0.3) is 0 Å². The minimum atomic E-state index is -1.15. The van der Waals surface area contributed by atoms with E-state index >= 15 is 0 Å². The molecule has 0 saturated heterocycles. The molecule has 98 valence electrons. The highest BCUT2D eigenvalue weighted by atomic mass is 35.5. The Morgan fingerprint density at radius 3 is 2.41 bits per heavy atom. The Morgan fingerprint density at radius 2 is 2.06 bits per heavy atom. The molecule has 0 aliphatic carbocycles. The van der Waals surface area contributed by atoms with E-state index in [2.05, 4.69) is 10.6 Å². The Hall–Kier alpha value is -1.37. The first kappa shape index (κ1) is 15.6. The molecule has 1 atom stereocenters. The quantitative estimate of drug-likeness (QED) is 0.413. The topological polar surface area (TPSA) is 99.1 Å². The van der Waals surface area contributed by atoms with Crippen molar-refractivity contribution in [2.75, 3.05) is 12.4 Å². The summed E-state index contributed by atoms with van der Waals surface area (Å²) in [7, 11) is 0. The van der Waals surface area contributed by atoms with Crippen LogP contribution in [0, 0.1) is 10.8 Å². The normalized spacial score (nSPS) is 12.0. The van der Waals surface area contributed by atoms with Gasteiger partial charge in [0.25, 0.3) is 0 Å². The molecule has 0 fully saturated rings. The van der Waals surface area contributed by atoms with E-state index in [1.807, 2.05) is 13.8 Å². The zero-order valence-corrected chi connectivity index (χ0v) is 10.5. The van der Waals surface area contributed by atoms with Gasteiger partial charge in [-0.2, -0.15) is 5.01 Å². The highest BCUT2D eigenvalue weighted by Gasteiger charge is 2.24. The van der Waals surface area contributed by atoms with Gasteiger partial charge < -0.3 is 10.4 Å². The molecule has 0 spiro atoms. The predicted molar refractivity (Wildman–Crippen MR) is 62.6 cm³/mol. The van der Waals surface area contributed by atoms with Crippen molar-refractivity contribution < 1.29 is 14.7 Å². The zero-order chi connectivity index (χ0) is 13.4. The minimum Gasteiger partial charge on any atom is -0.480 e. The number of nitrogens with zero attached hydrogens (tertiary/aromatic N) is 2. The van der Waals surface area contributed by atoms with Crippen molar-refractivity contribution in [1.82, 2.24) is 10.3 Å². The van der Waals surface area contributed by atoms with Gasteiger partial charge in [-0.1, -0.05) is 13.8 Å². The third-order valence-electron chi connectivity index (χ3n) is 1.93. The van der Waals surface area contributed by atoms with Crippen LogP contribution in [0.2, 0.25) is 0 Å². The van der Waals surface area contributed by atoms with Gasteiger partial charge in [0, 0.05) is 5.88 Å². The van der Waals surface area contributed by atoms with E-state index in [4.69, 9.17) is 16.7 Å². The van der Waals surface area contributed by atoms with Crippen LogP contribution in [-0.2, 0) is 4.79 Å². The fourth-order valence-electron chi connectivity index (χ4n) is 1.18. The van der Waals surface area contributed by atoms with Gasteiger partial charge in [-0.3, -0.25) is 0 Å². The Kier molecular flexibility index (Phi) is 7.20. The van der Waals surface area contributed by atoms with E-state index in [1.54, 1.807) is 0 Å². The van der Waals surface area contributed by atoms with Crippen LogP contribution in [0.3, 0.4) is 0 Å². The lowest BCUT2D eigenvalue weighted by molar-refractivity contribution is -0.139. The Labute approximate surface area is 104 Å². The molecule has 2 N–H and O–H groups in total. The molecule has 7 nitrogen and oxygen atoms in total. The van der Waals surface area contributed by atoms with E-state index < -0.39 is 18.0 Å². The number of rotatable bonds is 7.